The van der Waals surface area contributed by atoms with Crippen molar-refractivity contribution >= 4 is 23.0 Å². The number of amides is 1. The van der Waals surface area contributed by atoms with Crippen molar-refractivity contribution in [3.63, 3.8) is 0 Å². The van der Waals surface area contributed by atoms with Gasteiger partial charge in [0.05, 0.1) is 17.8 Å². The summed E-state index contributed by atoms with van der Waals surface area (Å²) in [6, 6.07) is 6.39. The van der Waals surface area contributed by atoms with E-state index in [4.69, 9.17) is 14.1 Å². The van der Waals surface area contributed by atoms with Crippen LogP contribution in [0.2, 0.25) is 0 Å². The first kappa shape index (κ1) is 17.9. The summed E-state index contributed by atoms with van der Waals surface area (Å²) in [4.78, 5) is 22.3. The standard InChI is InChI=1S/C21H28N4O3/c1-13-10-25(11-14(2)27-13)21-23-19-16(4-3-5-18(19)28-21)20(26)22-17-12-24-8-6-15(17)7-9-24/h3-5,13-15,17H,6-12H2,1-2H3,(H,22,26)/t13-,14+,17-/m1/s1. The highest BCUT2D eigenvalue weighted by molar-refractivity contribution is 6.04. The van der Waals surface area contributed by atoms with Gasteiger partial charge in [0.25, 0.3) is 11.9 Å². The van der Waals surface area contributed by atoms with Gasteiger partial charge in [-0.3, -0.25) is 4.79 Å². The number of carbonyl (C=O) groups is 1. The van der Waals surface area contributed by atoms with Crippen molar-refractivity contribution < 1.29 is 13.9 Å². The summed E-state index contributed by atoms with van der Waals surface area (Å²) in [5.74, 6) is 0.547. The van der Waals surface area contributed by atoms with E-state index in [9.17, 15) is 4.79 Å². The van der Waals surface area contributed by atoms with Crippen LogP contribution >= 0.6 is 0 Å². The molecule has 4 aliphatic heterocycles. The van der Waals surface area contributed by atoms with Crippen LogP contribution < -0.4 is 10.2 Å². The van der Waals surface area contributed by atoms with E-state index in [0.717, 1.165) is 32.7 Å². The summed E-state index contributed by atoms with van der Waals surface area (Å²) in [7, 11) is 0. The summed E-state index contributed by atoms with van der Waals surface area (Å²) in [5.41, 5.74) is 1.89. The van der Waals surface area contributed by atoms with Gasteiger partial charge < -0.3 is 24.3 Å². The SMILES string of the molecule is C[C@@H]1CN(c2nc3c(C(=O)N[C@@H]4CN5CCC4CC5)cccc3o2)C[C@H](C)O1. The Kier molecular flexibility index (Phi) is 4.51. The van der Waals surface area contributed by atoms with Gasteiger partial charge in [-0.2, -0.15) is 4.98 Å². The number of hydrogen-bond donors (Lipinski definition) is 1. The normalized spacial score (nSPS) is 32.6. The molecule has 0 radical (unpaired) electrons. The van der Waals surface area contributed by atoms with Crippen molar-refractivity contribution in [2.24, 2.45) is 5.92 Å². The lowest BCUT2D eigenvalue weighted by atomic mass is 9.84. The molecule has 2 bridgehead atoms. The number of nitrogens with one attached hydrogen (secondary N) is 1. The Morgan fingerprint density at radius 2 is 1.89 bits per heavy atom. The Bertz CT molecular complexity index is 864. The molecule has 7 heteroatoms. The first-order valence-electron chi connectivity index (χ1n) is 10.4. The molecule has 4 fully saturated rings. The summed E-state index contributed by atoms with van der Waals surface area (Å²) in [6.45, 7) is 8.86. The Morgan fingerprint density at radius 3 is 2.57 bits per heavy atom. The number of hydrogen-bond acceptors (Lipinski definition) is 6. The molecule has 4 saturated heterocycles. The maximum absolute atomic E-state index is 13.0. The molecule has 150 valence electrons. The second kappa shape index (κ2) is 7.04. The van der Waals surface area contributed by atoms with Crippen LogP contribution in [0.15, 0.2) is 22.6 Å². The number of ether oxygens (including phenoxy) is 1. The molecule has 28 heavy (non-hydrogen) atoms. The molecule has 0 unspecified atom stereocenters. The smallest absolute Gasteiger partial charge is 0.298 e. The molecule has 0 saturated carbocycles. The minimum Gasteiger partial charge on any atom is -0.423 e. The van der Waals surface area contributed by atoms with E-state index in [2.05, 4.69) is 29.0 Å². The highest BCUT2D eigenvalue weighted by Gasteiger charge is 2.35. The van der Waals surface area contributed by atoms with Gasteiger partial charge in [0, 0.05) is 25.7 Å². The number of anilines is 1. The predicted octanol–water partition coefficient (Wildman–Crippen LogP) is 2.27. The molecule has 2 aromatic rings. The fraction of sp³-hybridized carbons (Fsp3) is 0.619. The van der Waals surface area contributed by atoms with E-state index in [1.807, 2.05) is 18.2 Å². The molecule has 0 aliphatic carbocycles. The number of carbonyl (C=O) groups excluding carboxylic acids is 1. The van der Waals surface area contributed by atoms with Crippen LogP contribution in [0.25, 0.3) is 11.1 Å². The lowest BCUT2D eigenvalue weighted by molar-refractivity contribution is -0.00662. The fourth-order valence-corrected chi connectivity index (χ4v) is 4.96. The van der Waals surface area contributed by atoms with Crippen molar-refractivity contribution in [2.45, 2.75) is 44.9 Å². The monoisotopic (exact) mass is 384 g/mol. The maximum atomic E-state index is 13.0. The third kappa shape index (κ3) is 3.26. The molecule has 3 atom stereocenters. The third-order valence-electron chi connectivity index (χ3n) is 6.32. The fourth-order valence-electron chi connectivity index (χ4n) is 4.96. The lowest BCUT2D eigenvalue weighted by Gasteiger charge is -2.44. The van der Waals surface area contributed by atoms with Crippen LogP contribution in [0.1, 0.15) is 37.0 Å². The van der Waals surface area contributed by atoms with E-state index in [-0.39, 0.29) is 24.2 Å². The number of nitrogens with zero attached hydrogens (tertiary/aromatic N) is 3. The summed E-state index contributed by atoms with van der Waals surface area (Å²) in [6.07, 6.45) is 2.60. The topological polar surface area (TPSA) is 70.8 Å². The van der Waals surface area contributed by atoms with Gasteiger partial charge in [0.2, 0.25) is 0 Å². The van der Waals surface area contributed by atoms with E-state index in [0.29, 0.717) is 28.6 Å². The molecular formula is C21H28N4O3. The van der Waals surface area contributed by atoms with E-state index < -0.39 is 0 Å². The Labute approximate surface area is 165 Å². The van der Waals surface area contributed by atoms with Crippen molar-refractivity contribution in [1.29, 1.82) is 0 Å². The van der Waals surface area contributed by atoms with Crippen LogP contribution in [0.5, 0.6) is 0 Å². The number of fused-ring (bicyclic) bond motifs is 4. The highest BCUT2D eigenvalue weighted by Crippen LogP contribution is 2.29. The zero-order valence-electron chi connectivity index (χ0n) is 16.6. The molecule has 1 aromatic heterocycles. The van der Waals surface area contributed by atoms with E-state index in [1.165, 1.54) is 12.8 Å². The van der Waals surface area contributed by atoms with Crippen LogP contribution in [-0.4, -0.2) is 66.8 Å². The second-order valence-electron chi connectivity index (χ2n) is 8.53. The molecule has 1 N–H and O–H groups in total. The molecule has 5 heterocycles. The van der Waals surface area contributed by atoms with Crippen molar-refractivity contribution in [3.8, 4) is 0 Å². The Balaban J connectivity index is 1.39. The second-order valence-corrected chi connectivity index (χ2v) is 8.53. The number of oxazole rings is 1. The Morgan fingerprint density at radius 1 is 1.14 bits per heavy atom. The molecule has 6 rings (SSSR count). The average Bonchev–Trinajstić information content (AvgIpc) is 3.12. The number of aromatic nitrogens is 1. The van der Waals surface area contributed by atoms with E-state index in [1.54, 1.807) is 0 Å². The van der Waals surface area contributed by atoms with Gasteiger partial charge in [0.15, 0.2) is 5.58 Å². The summed E-state index contributed by atoms with van der Waals surface area (Å²) >= 11 is 0. The molecule has 1 aromatic carbocycles. The number of piperidine rings is 3. The average molecular weight is 384 g/mol. The van der Waals surface area contributed by atoms with Gasteiger partial charge in [0.1, 0.15) is 5.52 Å². The van der Waals surface area contributed by atoms with Gasteiger partial charge in [-0.25, -0.2) is 0 Å². The third-order valence-corrected chi connectivity index (χ3v) is 6.32. The molecule has 1 amide bonds. The zero-order valence-corrected chi connectivity index (χ0v) is 16.6. The van der Waals surface area contributed by atoms with Gasteiger partial charge in [-0.05, 0) is 57.8 Å². The zero-order chi connectivity index (χ0) is 19.3. The van der Waals surface area contributed by atoms with Crippen molar-refractivity contribution in [2.75, 3.05) is 37.6 Å². The van der Waals surface area contributed by atoms with Gasteiger partial charge >= 0.3 is 0 Å². The van der Waals surface area contributed by atoms with Crippen LogP contribution in [0, 0.1) is 5.92 Å². The van der Waals surface area contributed by atoms with Crippen molar-refractivity contribution in [3.05, 3.63) is 23.8 Å². The first-order chi connectivity index (χ1) is 13.6. The minimum absolute atomic E-state index is 0.0482. The quantitative estimate of drug-likeness (QED) is 0.875. The van der Waals surface area contributed by atoms with Gasteiger partial charge in [-0.15, -0.1) is 0 Å². The van der Waals surface area contributed by atoms with Crippen molar-refractivity contribution in [1.82, 2.24) is 15.2 Å². The largest absolute Gasteiger partial charge is 0.423 e. The highest BCUT2D eigenvalue weighted by atomic mass is 16.5. The summed E-state index contributed by atoms with van der Waals surface area (Å²) < 4.78 is 11.8. The predicted molar refractivity (Wildman–Crippen MR) is 107 cm³/mol. The molecule has 7 nitrogen and oxygen atoms in total. The number of morpholine rings is 1. The maximum Gasteiger partial charge on any atom is 0.298 e. The van der Waals surface area contributed by atoms with Crippen LogP contribution in [0.3, 0.4) is 0 Å². The molecular weight excluding hydrogens is 356 g/mol. The van der Waals surface area contributed by atoms with E-state index >= 15 is 0 Å². The minimum atomic E-state index is -0.0482. The van der Waals surface area contributed by atoms with Crippen LogP contribution in [-0.2, 0) is 4.74 Å². The first-order valence-corrected chi connectivity index (χ1v) is 10.4. The van der Waals surface area contributed by atoms with Crippen LogP contribution in [0.4, 0.5) is 6.01 Å². The number of benzene rings is 1. The number of para-hydroxylation sites is 1. The van der Waals surface area contributed by atoms with Gasteiger partial charge in [-0.1, -0.05) is 6.07 Å². The Hall–Kier alpha value is -2.12. The molecule has 0 spiro atoms. The molecule has 4 aliphatic rings. The summed E-state index contributed by atoms with van der Waals surface area (Å²) in [5, 5.41) is 3.27. The lowest BCUT2D eigenvalue weighted by Crippen LogP contribution is -2.57. The number of rotatable bonds is 3.